The quantitative estimate of drug-likeness (QED) is 0.290. The Morgan fingerprint density at radius 1 is 1.11 bits per heavy atom. The summed E-state index contributed by atoms with van der Waals surface area (Å²) in [5.74, 6) is -0.384. The number of piperidine rings is 1. The number of halogens is 3. The summed E-state index contributed by atoms with van der Waals surface area (Å²) < 4.78 is 52.5. The van der Waals surface area contributed by atoms with Gasteiger partial charge in [-0.3, -0.25) is 9.88 Å². The number of aromatic hydroxyl groups is 1. The number of phenolic OH excluding ortho intramolecular Hbond substituents is 1. The van der Waals surface area contributed by atoms with Crippen LogP contribution in [0.4, 0.5) is 19.0 Å². The van der Waals surface area contributed by atoms with Gasteiger partial charge in [0, 0.05) is 43.7 Å². The predicted molar refractivity (Wildman–Crippen MR) is 164 cm³/mol. The molecule has 3 aliphatic heterocycles. The maximum absolute atomic E-state index is 16.8. The molecule has 3 unspecified atom stereocenters. The van der Waals surface area contributed by atoms with Crippen LogP contribution < -0.4 is 9.64 Å². The molecule has 8 rings (SSSR count). The molecule has 3 saturated heterocycles. The summed E-state index contributed by atoms with van der Waals surface area (Å²) in [7, 11) is 0. The number of hydrogen-bond donors (Lipinski definition) is 2. The minimum Gasteiger partial charge on any atom is -0.508 e. The molecule has 0 radical (unpaired) electrons. The van der Waals surface area contributed by atoms with E-state index in [9.17, 15) is 19.0 Å². The van der Waals surface area contributed by atoms with Gasteiger partial charge in [0.15, 0.2) is 5.82 Å². The zero-order valence-corrected chi connectivity index (χ0v) is 25.1. The highest BCUT2D eigenvalue weighted by Gasteiger charge is 2.49. The van der Waals surface area contributed by atoms with Gasteiger partial charge in [0.2, 0.25) is 0 Å². The molecule has 2 aromatic heterocycles. The lowest BCUT2D eigenvalue weighted by atomic mass is 9.94. The second kappa shape index (κ2) is 10.7. The summed E-state index contributed by atoms with van der Waals surface area (Å²) in [5.41, 5.74) is 0.171. The van der Waals surface area contributed by atoms with Gasteiger partial charge >= 0.3 is 6.01 Å². The summed E-state index contributed by atoms with van der Waals surface area (Å²) in [6, 6.07) is 5.84. The number of aromatic nitrogens is 3. The van der Waals surface area contributed by atoms with Gasteiger partial charge in [-0.25, -0.2) is 13.2 Å². The third-order valence-electron chi connectivity index (χ3n) is 10.6. The Balaban J connectivity index is 1.27. The number of anilines is 1. The Hall–Kier alpha value is -3.70. The smallest absolute Gasteiger partial charge is 0.319 e. The number of alkyl halides is 1. The Morgan fingerprint density at radius 2 is 1.98 bits per heavy atom. The van der Waals surface area contributed by atoms with E-state index in [0.717, 1.165) is 25.8 Å². The van der Waals surface area contributed by atoms with Gasteiger partial charge in [0.05, 0.1) is 17.0 Å². The maximum atomic E-state index is 16.8. The fraction of sp³-hybridized carbons (Fsp3) is 0.500. The molecule has 11 heteroatoms. The summed E-state index contributed by atoms with van der Waals surface area (Å²) in [4.78, 5) is 18.1. The van der Waals surface area contributed by atoms with Crippen LogP contribution in [0, 0.1) is 23.5 Å². The summed E-state index contributed by atoms with van der Waals surface area (Å²) in [6.45, 7) is 4.43. The molecule has 1 aliphatic carbocycles. The summed E-state index contributed by atoms with van der Waals surface area (Å²) in [6.07, 6.45) is 4.39. The first-order valence-electron chi connectivity index (χ1n) is 16.0. The van der Waals surface area contributed by atoms with Crippen molar-refractivity contribution in [2.75, 3.05) is 37.7 Å². The topological polar surface area (TPSA) is 94.8 Å². The molecule has 5 heterocycles. The van der Waals surface area contributed by atoms with Crippen LogP contribution in [0.25, 0.3) is 32.9 Å². The van der Waals surface area contributed by atoms with Crippen molar-refractivity contribution < 1.29 is 28.1 Å². The Kier molecular flexibility index (Phi) is 6.83. The third-order valence-corrected chi connectivity index (χ3v) is 10.6. The molecule has 4 fully saturated rings. The van der Waals surface area contributed by atoms with Gasteiger partial charge in [0.1, 0.15) is 41.4 Å². The molecule has 2 aromatic carbocycles. The van der Waals surface area contributed by atoms with Crippen molar-refractivity contribution in [3.8, 4) is 23.0 Å². The fourth-order valence-corrected chi connectivity index (χ4v) is 8.60. The first-order valence-corrected chi connectivity index (χ1v) is 16.0. The number of aliphatic hydroxyl groups excluding tert-OH is 1. The zero-order chi connectivity index (χ0) is 31.0. The molecular formula is C34H36F3N5O3. The van der Waals surface area contributed by atoms with Crippen LogP contribution in [0.15, 0.2) is 30.5 Å². The SMILES string of the molecule is CCc1c(F)ccc2cc(O)cc(-c3ncc4c(N5CC6CC(O)C(C6)C5)nc(OC[C@@]56CCCN5C[C@H](F)C6)nc4c3F)c12. The maximum Gasteiger partial charge on any atom is 0.319 e. The van der Waals surface area contributed by atoms with Crippen molar-refractivity contribution in [1.29, 1.82) is 0 Å². The number of hydrogen-bond acceptors (Lipinski definition) is 8. The standard InChI is InChI=1S/C34H36F3N5O3/c1-2-23-26(36)5-4-19-10-22(43)11-24(28(19)23)30-29(37)31-25(13-38-30)32(41-14-18-8-20(15-41)27(44)9-18)40-33(39-31)45-17-34-6-3-7-42(34)16-21(35)12-34/h4-5,10-11,13,18,20-21,27,43-44H,2-3,6-9,12,14-17H2,1H3/t18?,20?,21-,27?,34+/m1/s1. The van der Waals surface area contributed by atoms with Crippen LogP contribution in [0.3, 0.4) is 0 Å². The molecule has 0 amide bonds. The van der Waals surface area contributed by atoms with Gasteiger partial charge < -0.3 is 19.8 Å². The number of aryl methyl sites for hydroxylation is 1. The normalized spacial score (nSPS) is 28.0. The third kappa shape index (κ3) is 4.69. The van der Waals surface area contributed by atoms with E-state index in [0.29, 0.717) is 66.4 Å². The molecule has 8 nitrogen and oxygen atoms in total. The van der Waals surface area contributed by atoms with Crippen LogP contribution >= 0.6 is 0 Å². The highest BCUT2D eigenvalue weighted by atomic mass is 19.1. The number of aliphatic hydroxyl groups is 1. The van der Waals surface area contributed by atoms with E-state index in [1.807, 2.05) is 6.92 Å². The van der Waals surface area contributed by atoms with Crippen LogP contribution in [0.5, 0.6) is 11.8 Å². The molecule has 4 aliphatic rings. The zero-order valence-electron chi connectivity index (χ0n) is 25.1. The Bertz CT molecular complexity index is 1820. The van der Waals surface area contributed by atoms with Crippen LogP contribution in [-0.4, -0.2) is 80.7 Å². The lowest BCUT2D eigenvalue weighted by Gasteiger charge is -2.34. The lowest BCUT2D eigenvalue weighted by Crippen LogP contribution is -2.43. The molecule has 2 N–H and O–H groups in total. The van der Waals surface area contributed by atoms with Crippen LogP contribution in [0.2, 0.25) is 0 Å². The highest BCUT2D eigenvalue weighted by Crippen LogP contribution is 2.43. The van der Waals surface area contributed by atoms with Gasteiger partial charge in [-0.05, 0) is 79.1 Å². The number of benzene rings is 2. The lowest BCUT2D eigenvalue weighted by molar-refractivity contribution is 0.107. The summed E-state index contributed by atoms with van der Waals surface area (Å²) >= 11 is 0. The van der Waals surface area contributed by atoms with Crippen molar-refractivity contribution in [2.45, 2.75) is 63.3 Å². The number of phenols is 1. The van der Waals surface area contributed by atoms with Gasteiger partial charge in [-0.1, -0.05) is 13.0 Å². The number of fused-ring (bicyclic) bond motifs is 5. The monoisotopic (exact) mass is 619 g/mol. The number of ether oxygens (including phenoxy) is 1. The summed E-state index contributed by atoms with van der Waals surface area (Å²) in [5, 5.41) is 22.6. The Labute approximate surface area is 258 Å². The van der Waals surface area contributed by atoms with Gasteiger partial charge in [-0.15, -0.1) is 0 Å². The number of rotatable bonds is 6. The van der Waals surface area contributed by atoms with E-state index in [1.54, 1.807) is 6.07 Å². The molecular weight excluding hydrogens is 583 g/mol. The minimum atomic E-state index is -0.918. The Morgan fingerprint density at radius 3 is 2.80 bits per heavy atom. The first kappa shape index (κ1) is 28.8. The van der Waals surface area contributed by atoms with Crippen LogP contribution in [0.1, 0.15) is 44.6 Å². The van der Waals surface area contributed by atoms with E-state index in [2.05, 4.69) is 19.8 Å². The average Bonchev–Trinajstić information content (AvgIpc) is 3.63. The van der Waals surface area contributed by atoms with Gasteiger partial charge in [-0.2, -0.15) is 9.97 Å². The molecule has 1 saturated carbocycles. The minimum absolute atomic E-state index is 0.0000173. The molecule has 2 bridgehead atoms. The van der Waals surface area contributed by atoms with E-state index in [1.165, 1.54) is 24.4 Å². The average molecular weight is 620 g/mol. The van der Waals surface area contributed by atoms with Crippen LogP contribution in [-0.2, 0) is 6.42 Å². The fourth-order valence-electron chi connectivity index (χ4n) is 8.60. The molecule has 236 valence electrons. The highest BCUT2D eigenvalue weighted by molar-refractivity contribution is 6.01. The molecule has 4 aromatic rings. The number of nitrogens with zero attached hydrogens (tertiary/aromatic N) is 5. The van der Waals surface area contributed by atoms with E-state index in [4.69, 9.17) is 9.72 Å². The number of pyridine rings is 1. The van der Waals surface area contributed by atoms with E-state index >= 15 is 4.39 Å². The molecule has 45 heavy (non-hydrogen) atoms. The van der Waals surface area contributed by atoms with E-state index < -0.39 is 23.3 Å². The first-order chi connectivity index (χ1) is 21.7. The van der Waals surface area contributed by atoms with Crippen molar-refractivity contribution in [2.24, 2.45) is 11.8 Å². The predicted octanol–water partition coefficient (Wildman–Crippen LogP) is 5.55. The van der Waals surface area contributed by atoms with Crippen molar-refractivity contribution in [1.82, 2.24) is 19.9 Å². The van der Waals surface area contributed by atoms with Crippen molar-refractivity contribution in [3.63, 3.8) is 0 Å². The van der Waals surface area contributed by atoms with Crippen molar-refractivity contribution in [3.05, 3.63) is 47.7 Å². The second-order valence-corrected chi connectivity index (χ2v) is 13.4. The van der Waals surface area contributed by atoms with Gasteiger partial charge in [0.25, 0.3) is 0 Å². The van der Waals surface area contributed by atoms with Crippen molar-refractivity contribution >= 4 is 27.5 Å². The molecule has 0 spiro atoms. The van der Waals surface area contributed by atoms with E-state index in [-0.39, 0.29) is 53.1 Å². The molecule has 5 atom stereocenters. The largest absolute Gasteiger partial charge is 0.508 e. The second-order valence-electron chi connectivity index (χ2n) is 13.4.